The first-order valence-electron chi connectivity index (χ1n) is 14.9. The summed E-state index contributed by atoms with van der Waals surface area (Å²) in [5.41, 5.74) is 0.0141. The van der Waals surface area contributed by atoms with Crippen LogP contribution in [-0.4, -0.2) is 51.3 Å². The number of allylic oxidation sites excluding steroid dienone is 2. The van der Waals surface area contributed by atoms with Gasteiger partial charge < -0.3 is 14.7 Å². The summed E-state index contributed by atoms with van der Waals surface area (Å²) in [5.74, 6) is -3.79. The molecule has 1 N–H and O–H groups in total. The smallest absolute Gasteiger partial charge is 0.310 e. The summed E-state index contributed by atoms with van der Waals surface area (Å²) in [4.78, 5) is 46.5. The van der Waals surface area contributed by atoms with Crippen LogP contribution < -0.4 is 4.74 Å². The van der Waals surface area contributed by atoms with Crippen LogP contribution >= 0.6 is 11.3 Å². The first kappa shape index (κ1) is 29.4. The van der Waals surface area contributed by atoms with Crippen LogP contribution in [0.4, 0.5) is 8.78 Å². The predicted octanol–water partition coefficient (Wildman–Crippen LogP) is 6.35. The summed E-state index contributed by atoms with van der Waals surface area (Å²) in [5, 5.41) is 10.5. The normalized spacial score (nSPS) is 28.9. The third-order valence-corrected chi connectivity index (χ3v) is 9.98. The fourth-order valence-corrected chi connectivity index (χ4v) is 7.55. The van der Waals surface area contributed by atoms with Gasteiger partial charge in [0.05, 0.1) is 28.2 Å². The SMILES string of the molecule is O=C1C[C@]2(C(=O)O)C[C@@H]2/C=C\CCCCC[C@H](Cc2cc(F)cc(F)c2)C(=O)N2C[C@H](Oc3nc4ccccc4s3)C[C@@H]12. The Bertz CT molecular complexity index is 1520. The summed E-state index contributed by atoms with van der Waals surface area (Å²) in [6.45, 7) is 0.141. The maximum absolute atomic E-state index is 14.2. The molecule has 5 atom stereocenters. The first-order valence-corrected chi connectivity index (χ1v) is 15.7. The zero-order valence-corrected chi connectivity index (χ0v) is 24.5. The lowest BCUT2D eigenvalue weighted by Crippen LogP contribution is -2.45. The lowest BCUT2D eigenvalue weighted by Gasteiger charge is -2.29. The van der Waals surface area contributed by atoms with Crippen molar-refractivity contribution in [3.63, 3.8) is 0 Å². The van der Waals surface area contributed by atoms with Crippen molar-refractivity contribution in [3.8, 4) is 5.19 Å². The molecule has 43 heavy (non-hydrogen) atoms. The van der Waals surface area contributed by atoms with E-state index in [0.29, 0.717) is 23.6 Å². The van der Waals surface area contributed by atoms with Crippen molar-refractivity contribution >= 4 is 39.2 Å². The maximum atomic E-state index is 14.2. The number of thiazole rings is 1. The van der Waals surface area contributed by atoms with Crippen molar-refractivity contribution in [2.24, 2.45) is 17.3 Å². The van der Waals surface area contributed by atoms with Gasteiger partial charge in [0.1, 0.15) is 17.7 Å². The minimum Gasteiger partial charge on any atom is -0.481 e. The van der Waals surface area contributed by atoms with Gasteiger partial charge in [0, 0.05) is 24.8 Å². The number of hydrogen-bond acceptors (Lipinski definition) is 6. The summed E-state index contributed by atoms with van der Waals surface area (Å²) in [6.07, 6.45) is 7.76. The van der Waals surface area contributed by atoms with Crippen molar-refractivity contribution in [3.05, 3.63) is 71.8 Å². The molecule has 0 spiro atoms. The molecule has 3 aromatic rings. The number of hydrogen-bond donors (Lipinski definition) is 1. The maximum Gasteiger partial charge on any atom is 0.310 e. The average Bonchev–Trinajstić information content (AvgIpc) is 3.28. The third-order valence-electron chi connectivity index (χ3n) is 9.05. The number of Topliss-reactive ketones (excluding diaryl/α,β-unsaturated/α-hetero) is 1. The second-order valence-corrected chi connectivity index (χ2v) is 13.1. The first-order chi connectivity index (χ1) is 20.7. The van der Waals surface area contributed by atoms with Crippen molar-refractivity contribution in [1.29, 1.82) is 0 Å². The molecule has 7 nitrogen and oxygen atoms in total. The number of benzene rings is 2. The molecular weight excluding hydrogens is 574 g/mol. The van der Waals surface area contributed by atoms with E-state index in [1.165, 1.54) is 28.4 Å². The van der Waals surface area contributed by atoms with E-state index < -0.39 is 41.1 Å². The molecule has 6 rings (SSSR count). The second kappa shape index (κ2) is 12.1. The largest absolute Gasteiger partial charge is 0.481 e. The van der Waals surface area contributed by atoms with E-state index in [2.05, 4.69) is 4.98 Å². The standard InChI is InChI=1S/C33H34F2N2O5S/c34-23-13-20(14-24(35)15-23)12-21-8-4-2-1-3-5-9-22-17-33(22,31(40)41)18-28(38)27-16-25(19-37(27)30(21)39)42-32-36-26-10-6-7-11-29(26)43-32/h5-7,9-11,13-15,21-22,25,27H,1-4,8,12,16-19H2,(H,40,41)/b9-5-/t21-,22+,25-,27+,33-/m1/s1. The van der Waals surface area contributed by atoms with Crippen molar-refractivity contribution < 1.29 is 33.0 Å². The Morgan fingerprint density at radius 2 is 1.91 bits per heavy atom. The number of carboxylic acids is 1. The van der Waals surface area contributed by atoms with Crippen LogP contribution in [0.2, 0.25) is 0 Å². The number of aliphatic carboxylic acids is 1. The number of carboxylic acid groups (broad SMARTS) is 1. The molecule has 226 valence electrons. The minimum absolute atomic E-state index is 0.134. The zero-order chi connectivity index (χ0) is 30.1. The molecule has 1 aromatic heterocycles. The Hall–Kier alpha value is -3.66. The minimum atomic E-state index is -1.16. The van der Waals surface area contributed by atoms with Crippen LogP contribution in [0.25, 0.3) is 10.2 Å². The molecular formula is C33H34F2N2O5S. The third kappa shape index (κ3) is 6.34. The zero-order valence-electron chi connectivity index (χ0n) is 23.7. The molecule has 2 aliphatic heterocycles. The molecule has 0 radical (unpaired) electrons. The van der Waals surface area contributed by atoms with Gasteiger partial charge in [-0.05, 0) is 67.9 Å². The summed E-state index contributed by atoms with van der Waals surface area (Å²) in [7, 11) is 0. The molecule has 3 heterocycles. The van der Waals surface area contributed by atoms with Gasteiger partial charge in [-0.3, -0.25) is 14.4 Å². The van der Waals surface area contributed by atoms with E-state index in [1.807, 2.05) is 36.4 Å². The Labute approximate surface area is 252 Å². The lowest BCUT2D eigenvalue weighted by atomic mass is 9.90. The highest BCUT2D eigenvalue weighted by Gasteiger charge is 2.61. The van der Waals surface area contributed by atoms with Crippen molar-refractivity contribution in [1.82, 2.24) is 9.88 Å². The van der Waals surface area contributed by atoms with Gasteiger partial charge in [-0.2, -0.15) is 0 Å². The van der Waals surface area contributed by atoms with Gasteiger partial charge in [-0.1, -0.05) is 48.5 Å². The number of carbonyl (C=O) groups excluding carboxylic acids is 2. The molecule has 0 bridgehead atoms. The fraction of sp³-hybridized carbons (Fsp3) is 0.455. The molecule has 1 amide bonds. The molecule has 3 aliphatic rings. The number of carbonyl (C=O) groups is 3. The number of aromatic nitrogens is 1. The van der Waals surface area contributed by atoms with Crippen LogP contribution in [0.3, 0.4) is 0 Å². The highest BCUT2D eigenvalue weighted by Crippen LogP contribution is 2.57. The number of para-hydroxylation sites is 1. The Balaban J connectivity index is 1.30. The van der Waals surface area contributed by atoms with E-state index in [4.69, 9.17) is 4.74 Å². The topological polar surface area (TPSA) is 96.8 Å². The number of ether oxygens (including phenoxy) is 1. The molecule has 1 aliphatic carbocycles. The lowest BCUT2D eigenvalue weighted by molar-refractivity contribution is -0.147. The molecule has 1 saturated heterocycles. The highest BCUT2D eigenvalue weighted by molar-refractivity contribution is 7.20. The average molecular weight is 609 g/mol. The van der Waals surface area contributed by atoms with Gasteiger partial charge >= 0.3 is 5.97 Å². The van der Waals surface area contributed by atoms with Gasteiger partial charge in [0.25, 0.3) is 5.19 Å². The Kier molecular flexibility index (Phi) is 8.31. The van der Waals surface area contributed by atoms with E-state index >= 15 is 0 Å². The molecule has 0 unspecified atom stereocenters. The number of fused-ring (bicyclic) bond motifs is 3. The van der Waals surface area contributed by atoms with Gasteiger partial charge in [-0.25, -0.2) is 13.8 Å². The quantitative estimate of drug-likeness (QED) is 0.339. The number of rotatable bonds is 5. The molecule has 10 heteroatoms. The van der Waals surface area contributed by atoms with Crippen LogP contribution in [0.5, 0.6) is 5.19 Å². The second-order valence-electron chi connectivity index (χ2n) is 12.1. The van der Waals surface area contributed by atoms with Crippen molar-refractivity contribution in [2.45, 2.75) is 69.9 Å². The summed E-state index contributed by atoms with van der Waals surface area (Å²) >= 11 is 1.38. The van der Waals surface area contributed by atoms with Crippen LogP contribution in [0.15, 0.2) is 54.6 Å². The van der Waals surface area contributed by atoms with E-state index in [-0.39, 0.29) is 43.4 Å². The Morgan fingerprint density at radius 1 is 1.12 bits per heavy atom. The number of halogens is 2. The Morgan fingerprint density at radius 3 is 2.67 bits per heavy atom. The molecule has 2 fully saturated rings. The summed E-state index contributed by atoms with van der Waals surface area (Å²) < 4.78 is 35.3. The highest BCUT2D eigenvalue weighted by atomic mass is 32.1. The molecule has 2 aromatic carbocycles. The number of ketones is 1. The monoisotopic (exact) mass is 608 g/mol. The van der Waals surface area contributed by atoms with Gasteiger partial charge in [0.15, 0.2) is 5.78 Å². The van der Waals surface area contributed by atoms with E-state index in [0.717, 1.165) is 42.0 Å². The predicted molar refractivity (Wildman–Crippen MR) is 158 cm³/mol. The molecule has 1 saturated carbocycles. The van der Waals surface area contributed by atoms with Gasteiger partial charge in [-0.15, -0.1) is 0 Å². The van der Waals surface area contributed by atoms with Crippen LogP contribution in [0.1, 0.15) is 56.9 Å². The van der Waals surface area contributed by atoms with Crippen LogP contribution in [0, 0.1) is 28.9 Å². The number of amides is 1. The van der Waals surface area contributed by atoms with E-state index in [9.17, 15) is 28.3 Å². The summed E-state index contributed by atoms with van der Waals surface area (Å²) in [6, 6.07) is 10.1. The van der Waals surface area contributed by atoms with Gasteiger partial charge in [0.2, 0.25) is 5.91 Å². The fourth-order valence-electron chi connectivity index (χ4n) is 6.67. The van der Waals surface area contributed by atoms with Crippen LogP contribution in [-0.2, 0) is 20.8 Å². The number of nitrogens with zero attached hydrogens (tertiary/aromatic N) is 2. The van der Waals surface area contributed by atoms with Crippen molar-refractivity contribution in [2.75, 3.05) is 6.54 Å². The van der Waals surface area contributed by atoms with E-state index in [1.54, 1.807) is 0 Å².